The van der Waals surface area contributed by atoms with Crippen molar-refractivity contribution >= 4 is 46.6 Å². The maximum absolute atomic E-state index is 14.9. The Hall–Kier alpha value is -2.71. The molecule has 1 amide bonds. The van der Waals surface area contributed by atoms with E-state index >= 15 is 0 Å². The number of hydrogen-bond donors (Lipinski definition) is 2. The minimum absolute atomic E-state index is 0.138. The normalized spacial score (nSPS) is 18.3. The van der Waals surface area contributed by atoms with Crippen molar-refractivity contribution in [1.29, 1.82) is 0 Å². The number of anilines is 2. The number of nitrogens with one attached hydrogen (secondary N) is 1. The van der Waals surface area contributed by atoms with Crippen LogP contribution in [0.3, 0.4) is 0 Å². The van der Waals surface area contributed by atoms with Crippen molar-refractivity contribution in [2.75, 3.05) is 22.6 Å². The van der Waals surface area contributed by atoms with E-state index in [9.17, 15) is 19.1 Å². The van der Waals surface area contributed by atoms with Crippen LogP contribution in [0, 0.1) is 5.82 Å². The van der Waals surface area contributed by atoms with E-state index in [1.165, 1.54) is 22.8 Å². The molecule has 2 aliphatic heterocycles. The zero-order chi connectivity index (χ0) is 21.4. The second-order valence-corrected chi connectivity index (χ2v) is 8.42. The topological polar surface area (TPSA) is 72.9 Å². The largest absolute Gasteiger partial charge is 0.478 e. The second-order valence-electron chi connectivity index (χ2n) is 6.94. The van der Waals surface area contributed by atoms with Crippen LogP contribution in [-0.2, 0) is 16.0 Å². The Bertz CT molecular complexity index is 1060. The SMILES string of the molecule is CCN1C=C(C(=O)O)Cc2cc(F)c(NN3C(=O)CSC3c3ccccc3Cl)cc21. The third-order valence-corrected chi connectivity index (χ3v) is 6.60. The summed E-state index contributed by atoms with van der Waals surface area (Å²) in [6.07, 6.45) is 1.70. The Kier molecular flexibility index (Phi) is 5.62. The molecule has 1 saturated heterocycles. The summed E-state index contributed by atoms with van der Waals surface area (Å²) < 4.78 is 14.9. The molecule has 1 fully saturated rings. The number of hydrogen-bond acceptors (Lipinski definition) is 5. The number of carboxylic acids is 1. The van der Waals surface area contributed by atoms with Gasteiger partial charge in [0.25, 0.3) is 5.91 Å². The summed E-state index contributed by atoms with van der Waals surface area (Å²) in [6.45, 7) is 2.41. The smallest absolute Gasteiger partial charge is 0.333 e. The summed E-state index contributed by atoms with van der Waals surface area (Å²) in [5.74, 6) is -1.51. The molecule has 9 heteroatoms. The number of benzene rings is 2. The summed E-state index contributed by atoms with van der Waals surface area (Å²) in [7, 11) is 0. The lowest BCUT2D eigenvalue weighted by molar-refractivity contribution is -0.132. The Morgan fingerprint density at radius 2 is 2.13 bits per heavy atom. The van der Waals surface area contributed by atoms with E-state index in [0.29, 0.717) is 22.8 Å². The zero-order valence-electron chi connectivity index (χ0n) is 16.1. The van der Waals surface area contributed by atoms with Gasteiger partial charge in [0, 0.05) is 35.4 Å². The van der Waals surface area contributed by atoms with Gasteiger partial charge in [0.1, 0.15) is 11.2 Å². The van der Waals surface area contributed by atoms with Gasteiger partial charge in [0.05, 0.1) is 17.0 Å². The van der Waals surface area contributed by atoms with Crippen molar-refractivity contribution in [2.24, 2.45) is 0 Å². The highest BCUT2D eigenvalue weighted by molar-refractivity contribution is 8.00. The maximum Gasteiger partial charge on any atom is 0.333 e. The summed E-state index contributed by atoms with van der Waals surface area (Å²) in [4.78, 5) is 25.7. The number of hydrazine groups is 1. The van der Waals surface area contributed by atoms with Crippen molar-refractivity contribution in [3.05, 3.63) is 70.1 Å². The van der Waals surface area contributed by atoms with Gasteiger partial charge in [-0.05, 0) is 30.7 Å². The van der Waals surface area contributed by atoms with Crippen LogP contribution in [0.1, 0.15) is 23.4 Å². The summed E-state index contributed by atoms with van der Waals surface area (Å²) in [5, 5.41) is 10.9. The minimum Gasteiger partial charge on any atom is -0.478 e. The lowest BCUT2D eigenvalue weighted by Crippen LogP contribution is -2.34. The van der Waals surface area contributed by atoms with Gasteiger partial charge in [-0.1, -0.05) is 29.8 Å². The molecule has 0 spiro atoms. The highest BCUT2D eigenvalue weighted by Gasteiger charge is 2.35. The standard InChI is InChI=1S/C21H19ClFN3O3S/c1-2-25-10-13(21(28)29)7-12-8-16(23)17(9-18(12)25)24-26-19(27)11-30-20(26)14-5-3-4-6-15(14)22/h3-6,8-10,20,24H,2,7,11H2,1H3,(H,28,29). The first-order chi connectivity index (χ1) is 14.4. The average Bonchev–Trinajstić information content (AvgIpc) is 3.08. The van der Waals surface area contributed by atoms with Crippen molar-refractivity contribution < 1.29 is 19.1 Å². The van der Waals surface area contributed by atoms with Crippen LogP contribution in [-0.4, -0.2) is 34.3 Å². The van der Waals surface area contributed by atoms with Gasteiger partial charge in [-0.25, -0.2) is 14.2 Å². The van der Waals surface area contributed by atoms with Gasteiger partial charge in [-0.2, -0.15) is 0 Å². The molecule has 2 heterocycles. The molecule has 0 radical (unpaired) electrons. The van der Waals surface area contributed by atoms with Gasteiger partial charge in [0.15, 0.2) is 0 Å². The third kappa shape index (κ3) is 3.73. The Morgan fingerprint density at radius 1 is 1.37 bits per heavy atom. The number of rotatable bonds is 5. The number of halogens is 2. The van der Waals surface area contributed by atoms with Gasteiger partial charge in [-0.3, -0.25) is 10.2 Å². The van der Waals surface area contributed by atoms with E-state index in [1.807, 2.05) is 25.1 Å². The van der Waals surface area contributed by atoms with Crippen LogP contribution in [0.4, 0.5) is 15.8 Å². The first-order valence-electron chi connectivity index (χ1n) is 9.36. The average molecular weight is 448 g/mol. The fourth-order valence-corrected chi connectivity index (χ4v) is 5.03. The number of thioether (sulfide) groups is 1. The van der Waals surface area contributed by atoms with Gasteiger partial charge >= 0.3 is 5.97 Å². The number of aliphatic carboxylic acids is 1. The van der Waals surface area contributed by atoms with E-state index in [2.05, 4.69) is 5.43 Å². The third-order valence-electron chi connectivity index (χ3n) is 5.07. The Morgan fingerprint density at radius 3 is 2.83 bits per heavy atom. The van der Waals surface area contributed by atoms with Gasteiger partial charge in [-0.15, -0.1) is 11.8 Å². The lowest BCUT2D eigenvalue weighted by atomic mass is 9.98. The molecule has 2 aromatic rings. The highest BCUT2D eigenvalue weighted by atomic mass is 35.5. The van der Waals surface area contributed by atoms with E-state index in [-0.39, 0.29) is 34.7 Å². The fraction of sp³-hybridized carbons (Fsp3) is 0.238. The molecule has 6 nitrogen and oxygen atoms in total. The zero-order valence-corrected chi connectivity index (χ0v) is 17.6. The molecule has 30 heavy (non-hydrogen) atoms. The molecule has 2 aromatic carbocycles. The summed E-state index contributed by atoms with van der Waals surface area (Å²) in [6, 6.07) is 10.2. The van der Waals surface area contributed by atoms with Crippen molar-refractivity contribution in [3.63, 3.8) is 0 Å². The monoisotopic (exact) mass is 447 g/mol. The predicted octanol–water partition coefficient (Wildman–Crippen LogP) is 4.43. The second kappa shape index (κ2) is 8.20. The molecule has 0 aliphatic carbocycles. The predicted molar refractivity (Wildman–Crippen MR) is 116 cm³/mol. The van der Waals surface area contributed by atoms with Crippen LogP contribution in [0.5, 0.6) is 0 Å². The minimum atomic E-state index is -1.02. The quantitative estimate of drug-likeness (QED) is 0.706. The number of nitrogens with zero attached hydrogens (tertiary/aromatic N) is 2. The molecular formula is C21H19ClFN3O3S. The molecular weight excluding hydrogens is 429 g/mol. The first-order valence-corrected chi connectivity index (χ1v) is 10.8. The fourth-order valence-electron chi connectivity index (χ4n) is 3.58. The highest BCUT2D eigenvalue weighted by Crippen LogP contribution is 2.42. The number of carbonyl (C=O) groups excluding carboxylic acids is 1. The number of carbonyl (C=O) groups is 2. The Labute approximate surface area is 182 Å². The molecule has 0 aromatic heterocycles. The Balaban J connectivity index is 1.67. The molecule has 2 aliphatic rings. The molecule has 1 unspecified atom stereocenters. The van der Waals surface area contributed by atoms with E-state index in [4.69, 9.17) is 11.6 Å². The first kappa shape index (κ1) is 20.6. The summed E-state index contributed by atoms with van der Waals surface area (Å²) >= 11 is 7.72. The van der Waals surface area contributed by atoms with Gasteiger partial charge in [0.2, 0.25) is 0 Å². The van der Waals surface area contributed by atoms with E-state index < -0.39 is 11.8 Å². The molecule has 0 saturated carbocycles. The molecule has 2 N–H and O–H groups in total. The number of carboxylic acid groups (broad SMARTS) is 1. The van der Waals surface area contributed by atoms with Crippen molar-refractivity contribution in [2.45, 2.75) is 18.7 Å². The number of amides is 1. The summed E-state index contributed by atoms with van der Waals surface area (Å²) in [5.41, 5.74) is 5.34. The van der Waals surface area contributed by atoms with Crippen molar-refractivity contribution in [3.8, 4) is 0 Å². The van der Waals surface area contributed by atoms with Gasteiger partial charge < -0.3 is 10.0 Å². The van der Waals surface area contributed by atoms with Crippen LogP contribution >= 0.6 is 23.4 Å². The number of fused-ring (bicyclic) bond motifs is 1. The van der Waals surface area contributed by atoms with Crippen molar-refractivity contribution in [1.82, 2.24) is 5.01 Å². The van der Waals surface area contributed by atoms with E-state index in [1.54, 1.807) is 23.2 Å². The lowest BCUT2D eigenvalue weighted by Gasteiger charge is -2.30. The molecule has 1 atom stereocenters. The van der Waals surface area contributed by atoms with Crippen LogP contribution in [0.15, 0.2) is 48.2 Å². The van der Waals surface area contributed by atoms with Crippen LogP contribution in [0.2, 0.25) is 5.02 Å². The van der Waals surface area contributed by atoms with E-state index in [0.717, 1.165) is 5.56 Å². The molecule has 0 bridgehead atoms. The maximum atomic E-state index is 14.9. The van der Waals surface area contributed by atoms with Crippen LogP contribution < -0.4 is 10.3 Å². The molecule has 156 valence electrons. The molecule has 4 rings (SSSR count). The van der Waals surface area contributed by atoms with Crippen LogP contribution in [0.25, 0.3) is 0 Å².